The highest BCUT2D eigenvalue weighted by atomic mass is 32.2. The molecule has 4 atom stereocenters. The van der Waals surface area contributed by atoms with E-state index in [9.17, 15) is 4.79 Å². The lowest BCUT2D eigenvalue weighted by Crippen LogP contribution is -2.96. The molecule has 0 saturated carbocycles. The molecule has 9 heteroatoms. The van der Waals surface area contributed by atoms with Crippen LogP contribution in [0, 0.1) is 0 Å². The van der Waals surface area contributed by atoms with E-state index in [0.29, 0.717) is 16.9 Å². The zero-order valence-corrected chi connectivity index (χ0v) is 22.0. The number of esters is 1. The largest absolute Gasteiger partial charge is 0.496 e. The molecule has 8 nitrogen and oxygen atoms in total. The van der Waals surface area contributed by atoms with Crippen molar-refractivity contribution in [1.29, 1.82) is 0 Å². The van der Waals surface area contributed by atoms with Crippen molar-refractivity contribution in [3.8, 4) is 17.2 Å². The number of hydrogen-bond acceptors (Lipinski definition) is 8. The highest BCUT2D eigenvalue weighted by Crippen LogP contribution is 2.44. The molecule has 1 saturated heterocycles. The maximum Gasteiger partial charge on any atom is 0.364 e. The molecular formula is C29H29N4O4S+. The first-order chi connectivity index (χ1) is 18.6. The molecule has 0 spiro atoms. The summed E-state index contributed by atoms with van der Waals surface area (Å²) in [7, 11) is 3.14. The predicted molar refractivity (Wildman–Crippen MR) is 144 cm³/mol. The molecule has 6 rings (SSSR count). The highest BCUT2D eigenvalue weighted by molar-refractivity contribution is 7.98. The Morgan fingerprint density at radius 1 is 1.08 bits per heavy atom. The van der Waals surface area contributed by atoms with Crippen LogP contribution in [-0.4, -0.2) is 42.5 Å². The molecule has 3 aromatic carbocycles. The van der Waals surface area contributed by atoms with Crippen molar-refractivity contribution in [2.75, 3.05) is 19.5 Å². The number of nitrogens with two attached hydrogens (primary N) is 1. The van der Waals surface area contributed by atoms with Crippen LogP contribution in [0.3, 0.4) is 0 Å². The molecule has 4 aromatic rings. The van der Waals surface area contributed by atoms with E-state index in [0.717, 1.165) is 34.5 Å². The Morgan fingerprint density at radius 2 is 1.89 bits per heavy atom. The summed E-state index contributed by atoms with van der Waals surface area (Å²) >= 11 is 1.47. The summed E-state index contributed by atoms with van der Waals surface area (Å²) in [4.78, 5) is 12.7. The number of nitrogens with zero attached hydrogens (tertiary/aromatic N) is 2. The lowest BCUT2D eigenvalue weighted by molar-refractivity contribution is -0.727. The molecule has 0 amide bonds. The first-order valence-electron chi connectivity index (χ1n) is 12.6. The van der Waals surface area contributed by atoms with Crippen LogP contribution >= 0.6 is 11.8 Å². The predicted octanol–water partition coefficient (Wildman–Crippen LogP) is 4.17. The third-order valence-electron chi connectivity index (χ3n) is 7.42. The third kappa shape index (κ3) is 4.63. The summed E-state index contributed by atoms with van der Waals surface area (Å²) in [6, 6.07) is 24.3. The van der Waals surface area contributed by atoms with Crippen molar-refractivity contribution < 1.29 is 24.0 Å². The van der Waals surface area contributed by atoms with E-state index in [1.165, 1.54) is 24.4 Å². The Hall–Kier alpha value is -3.82. The van der Waals surface area contributed by atoms with Crippen LogP contribution in [0.5, 0.6) is 5.75 Å². The number of thioether (sulfide) groups is 1. The van der Waals surface area contributed by atoms with Crippen molar-refractivity contribution in [2.45, 2.75) is 41.4 Å². The molecule has 0 unspecified atom stereocenters. The fraction of sp³-hybridized carbons (Fsp3) is 0.276. The van der Waals surface area contributed by atoms with Gasteiger partial charge in [-0.3, -0.25) is 0 Å². The number of hydrogen-bond donors (Lipinski definition) is 2. The van der Waals surface area contributed by atoms with E-state index in [1.54, 1.807) is 7.11 Å². The van der Waals surface area contributed by atoms with E-state index >= 15 is 0 Å². The molecule has 3 N–H and O–H groups in total. The van der Waals surface area contributed by atoms with Crippen molar-refractivity contribution in [2.24, 2.45) is 0 Å². The second kappa shape index (κ2) is 10.5. The normalized spacial score (nSPS) is 21.7. The number of carbonyl (C=O) groups excluding carboxylic acids is 1. The summed E-state index contributed by atoms with van der Waals surface area (Å²) < 4.78 is 16.7. The molecule has 38 heavy (non-hydrogen) atoms. The lowest BCUT2D eigenvalue weighted by Gasteiger charge is -2.36. The monoisotopic (exact) mass is 529 g/mol. The minimum Gasteiger partial charge on any atom is -0.496 e. The maximum absolute atomic E-state index is 12.7. The fourth-order valence-corrected chi connectivity index (χ4v) is 6.37. The fourth-order valence-electron chi connectivity index (χ4n) is 5.63. The van der Waals surface area contributed by atoms with Crippen LogP contribution in [0.4, 0.5) is 5.69 Å². The Morgan fingerprint density at radius 3 is 2.71 bits per heavy atom. The van der Waals surface area contributed by atoms with E-state index < -0.39 is 0 Å². The Balaban J connectivity index is 1.26. The van der Waals surface area contributed by atoms with Gasteiger partial charge in [0.25, 0.3) is 5.22 Å². The maximum atomic E-state index is 12.7. The summed E-state index contributed by atoms with van der Waals surface area (Å²) in [6.07, 6.45) is 0.734. The van der Waals surface area contributed by atoms with Crippen molar-refractivity contribution in [3.63, 3.8) is 0 Å². The molecule has 0 radical (unpaired) electrons. The molecule has 194 valence electrons. The summed E-state index contributed by atoms with van der Waals surface area (Å²) in [6.45, 7) is 0. The molecule has 3 heterocycles. The Bertz CT molecular complexity index is 1440. The van der Waals surface area contributed by atoms with E-state index in [-0.39, 0.29) is 30.0 Å². The summed E-state index contributed by atoms with van der Waals surface area (Å²) in [5.74, 6) is 1.93. The smallest absolute Gasteiger partial charge is 0.364 e. The van der Waals surface area contributed by atoms with Gasteiger partial charge in [-0.15, -0.1) is 10.2 Å². The molecule has 2 aliphatic rings. The van der Waals surface area contributed by atoms with Gasteiger partial charge < -0.3 is 24.5 Å². The Labute approximate surface area is 225 Å². The minimum absolute atomic E-state index is 0.0213. The summed E-state index contributed by atoms with van der Waals surface area (Å²) in [5, 5.41) is 14.8. The van der Waals surface area contributed by atoms with Gasteiger partial charge in [-0.05, 0) is 42.0 Å². The van der Waals surface area contributed by atoms with Gasteiger partial charge in [-0.2, -0.15) is 0 Å². The number of rotatable bonds is 7. The van der Waals surface area contributed by atoms with Crippen LogP contribution in [0.2, 0.25) is 0 Å². The average Bonchev–Trinajstić information content (AvgIpc) is 3.60. The average molecular weight is 530 g/mol. The first kappa shape index (κ1) is 24.5. The van der Waals surface area contributed by atoms with Crippen LogP contribution in [0.15, 0.2) is 82.4 Å². The second-order valence-electron chi connectivity index (χ2n) is 9.55. The molecular weight excluding hydrogens is 500 g/mol. The molecule has 2 aliphatic heterocycles. The van der Waals surface area contributed by atoms with Gasteiger partial charge in [0.15, 0.2) is 6.04 Å². The van der Waals surface area contributed by atoms with Gasteiger partial charge in [0.2, 0.25) is 5.89 Å². The van der Waals surface area contributed by atoms with E-state index in [1.807, 2.05) is 42.5 Å². The molecule has 0 bridgehead atoms. The van der Waals surface area contributed by atoms with Crippen molar-refractivity contribution in [1.82, 2.24) is 10.2 Å². The first-order valence-corrected chi connectivity index (χ1v) is 13.6. The van der Waals surface area contributed by atoms with E-state index in [4.69, 9.17) is 13.9 Å². The van der Waals surface area contributed by atoms with Gasteiger partial charge in [0.1, 0.15) is 11.8 Å². The zero-order chi connectivity index (χ0) is 26.1. The van der Waals surface area contributed by atoms with Crippen molar-refractivity contribution in [3.05, 3.63) is 89.5 Å². The van der Waals surface area contributed by atoms with Gasteiger partial charge in [-0.25, -0.2) is 4.79 Å². The van der Waals surface area contributed by atoms with Gasteiger partial charge in [0, 0.05) is 40.5 Å². The van der Waals surface area contributed by atoms with Crippen LogP contribution < -0.4 is 15.4 Å². The minimum atomic E-state index is -0.270. The van der Waals surface area contributed by atoms with E-state index in [2.05, 4.69) is 51.2 Å². The van der Waals surface area contributed by atoms with Crippen molar-refractivity contribution >= 4 is 23.4 Å². The zero-order valence-electron chi connectivity index (χ0n) is 21.2. The van der Waals surface area contributed by atoms with Gasteiger partial charge in [-0.1, -0.05) is 48.2 Å². The van der Waals surface area contributed by atoms with Crippen LogP contribution in [0.1, 0.15) is 35.1 Å². The topological polar surface area (TPSA) is 103 Å². The quantitative estimate of drug-likeness (QED) is 0.272. The third-order valence-corrected chi connectivity index (χ3v) is 8.29. The standard InChI is InChI=1S/C29H28N4O4S/c1-35-24-13-12-18(14-19(24)16-38-29-33-32-27(37-29)17-8-4-3-5-9-17)25-26-21(15-23(31-25)28(34)36-2)20-10-6-7-11-22(20)30-26/h3-14,21,23,25-26,30-31H,15-16H2,1-2H3/p+1/t21-,23+,25-,26+/m0/s1. The number of ether oxygens (including phenoxy) is 2. The SMILES string of the molecule is COC(=O)[C@H]1C[C@H]2c3ccccc3N[C@H]2[C@H](c2ccc(OC)c(CSc3nnc(-c4ccccc4)o3)c2)[NH2+]1. The number of nitrogens with one attached hydrogen (secondary N) is 1. The number of benzene rings is 3. The lowest BCUT2D eigenvalue weighted by atomic mass is 9.79. The number of quaternary nitrogens is 1. The number of methoxy groups -OCH3 is 2. The number of anilines is 1. The second-order valence-corrected chi connectivity index (χ2v) is 10.5. The van der Waals surface area contributed by atoms with Crippen LogP contribution in [0.25, 0.3) is 11.5 Å². The number of piperidine rings is 1. The summed E-state index contributed by atoms with van der Waals surface area (Å²) in [5.41, 5.74) is 5.44. The number of aromatic nitrogens is 2. The van der Waals surface area contributed by atoms with Crippen LogP contribution in [-0.2, 0) is 15.3 Å². The molecule has 1 fully saturated rings. The highest BCUT2D eigenvalue weighted by Gasteiger charge is 2.48. The molecule has 1 aromatic heterocycles. The number of fused-ring (bicyclic) bond motifs is 3. The number of carbonyl (C=O) groups is 1. The Kier molecular flexibility index (Phi) is 6.78. The molecule has 0 aliphatic carbocycles. The van der Waals surface area contributed by atoms with Gasteiger partial charge >= 0.3 is 5.97 Å². The van der Waals surface area contributed by atoms with Gasteiger partial charge in [0.05, 0.1) is 20.3 Å². The number of para-hydroxylation sites is 1.